The van der Waals surface area contributed by atoms with Crippen LogP contribution < -0.4 is 4.90 Å². The minimum atomic E-state index is -0.474. The molecule has 2 aromatic carbocycles. The highest BCUT2D eigenvalue weighted by molar-refractivity contribution is 6.07. The number of ketones is 1. The van der Waals surface area contributed by atoms with Crippen molar-refractivity contribution >= 4 is 23.1 Å². The van der Waals surface area contributed by atoms with Crippen LogP contribution in [0.15, 0.2) is 59.8 Å². The Labute approximate surface area is 175 Å². The van der Waals surface area contributed by atoms with E-state index >= 15 is 0 Å². The van der Waals surface area contributed by atoms with Gasteiger partial charge in [-0.2, -0.15) is 0 Å². The number of nitro groups is 1. The molecule has 1 unspecified atom stereocenters. The molecule has 6 nitrogen and oxygen atoms in total. The van der Waals surface area contributed by atoms with Crippen molar-refractivity contribution in [3.63, 3.8) is 0 Å². The normalized spacial score (nSPS) is 20.9. The average Bonchev–Trinajstić information content (AvgIpc) is 2.67. The number of non-ortho nitro benzene ring substituents is 1. The van der Waals surface area contributed by atoms with Crippen LogP contribution in [0.3, 0.4) is 0 Å². The first-order valence-electron chi connectivity index (χ1n) is 10.1. The molecule has 0 N–H and O–H groups in total. The molecule has 1 atom stereocenters. The van der Waals surface area contributed by atoms with Crippen molar-refractivity contribution in [3.8, 4) is 0 Å². The lowest BCUT2D eigenvalue weighted by Crippen LogP contribution is -2.43. The molecule has 0 saturated carbocycles. The van der Waals surface area contributed by atoms with Gasteiger partial charge in [-0.1, -0.05) is 49.7 Å². The molecule has 1 aliphatic heterocycles. The van der Waals surface area contributed by atoms with Gasteiger partial charge in [-0.15, -0.1) is 0 Å². The smallest absolute Gasteiger partial charge is 0.271 e. The fraction of sp³-hybridized carbons (Fsp3) is 0.333. The van der Waals surface area contributed by atoms with E-state index in [0.29, 0.717) is 29.8 Å². The number of allylic oxidation sites excluding steroid dienone is 2. The number of aryl methyl sites for hydroxylation is 1. The number of hydrogen-bond acceptors (Lipinski definition) is 4. The summed E-state index contributed by atoms with van der Waals surface area (Å²) in [6, 6.07) is 14.0. The molecule has 30 heavy (non-hydrogen) atoms. The second-order valence-electron chi connectivity index (χ2n) is 8.97. The zero-order valence-corrected chi connectivity index (χ0v) is 17.3. The molecule has 0 spiro atoms. The number of carbonyl (C=O) groups excluding carboxylic acids is 2. The third-order valence-corrected chi connectivity index (χ3v) is 5.92. The molecule has 6 heteroatoms. The number of nitro benzene ring substituents is 1. The molecule has 2 aromatic rings. The van der Waals surface area contributed by atoms with E-state index in [1.54, 1.807) is 12.1 Å². The number of hydrogen-bond donors (Lipinski definition) is 0. The molecular weight excluding hydrogens is 380 g/mol. The SMILES string of the molecule is Cc1ccc(C2CC(=O)N(c3cccc([N+](=O)[O-])c3)C3=C2C(=O)CC(C)(C)C3)cc1. The number of amides is 1. The van der Waals surface area contributed by atoms with Crippen molar-refractivity contribution in [1.82, 2.24) is 0 Å². The number of nitrogens with zero attached hydrogens (tertiary/aromatic N) is 2. The van der Waals surface area contributed by atoms with Crippen LogP contribution in [0.2, 0.25) is 0 Å². The Morgan fingerprint density at radius 1 is 1.07 bits per heavy atom. The Hall–Kier alpha value is -3.28. The van der Waals surface area contributed by atoms with E-state index in [1.165, 1.54) is 17.0 Å². The molecule has 0 saturated heterocycles. The standard InChI is InChI=1S/C24H24N2O4/c1-15-7-9-16(10-8-15)19-12-22(28)25(17-5-4-6-18(11-17)26(29)30)20-13-24(2,3)14-21(27)23(19)20/h4-11,19H,12-14H2,1-3H3. The van der Waals surface area contributed by atoms with Crippen LogP contribution in [-0.4, -0.2) is 16.6 Å². The van der Waals surface area contributed by atoms with Gasteiger partial charge in [0.05, 0.1) is 10.6 Å². The van der Waals surface area contributed by atoms with Gasteiger partial charge in [-0.25, -0.2) is 0 Å². The predicted molar refractivity (Wildman–Crippen MR) is 114 cm³/mol. The topological polar surface area (TPSA) is 80.5 Å². The quantitative estimate of drug-likeness (QED) is 0.528. The molecular formula is C24H24N2O4. The van der Waals surface area contributed by atoms with Crippen molar-refractivity contribution in [1.29, 1.82) is 0 Å². The minimum Gasteiger partial charge on any atom is -0.294 e. The van der Waals surface area contributed by atoms with E-state index in [4.69, 9.17) is 0 Å². The lowest BCUT2D eigenvalue weighted by molar-refractivity contribution is -0.384. The van der Waals surface area contributed by atoms with E-state index in [1.807, 2.05) is 45.0 Å². The van der Waals surface area contributed by atoms with Gasteiger partial charge < -0.3 is 0 Å². The maximum absolute atomic E-state index is 13.3. The number of rotatable bonds is 3. The highest BCUT2D eigenvalue weighted by atomic mass is 16.6. The monoisotopic (exact) mass is 404 g/mol. The summed E-state index contributed by atoms with van der Waals surface area (Å²) in [7, 11) is 0. The number of carbonyl (C=O) groups is 2. The van der Waals surface area contributed by atoms with Crippen molar-refractivity contribution < 1.29 is 14.5 Å². The van der Waals surface area contributed by atoms with Crippen LogP contribution in [0.1, 0.15) is 50.2 Å². The van der Waals surface area contributed by atoms with Crippen molar-refractivity contribution in [2.75, 3.05) is 4.90 Å². The Bertz CT molecular complexity index is 1080. The zero-order valence-electron chi connectivity index (χ0n) is 17.3. The molecule has 0 bridgehead atoms. The summed E-state index contributed by atoms with van der Waals surface area (Å²) in [5, 5.41) is 11.3. The summed E-state index contributed by atoms with van der Waals surface area (Å²) in [6.07, 6.45) is 1.15. The van der Waals surface area contributed by atoms with E-state index < -0.39 is 4.92 Å². The third-order valence-electron chi connectivity index (χ3n) is 5.92. The summed E-state index contributed by atoms with van der Waals surface area (Å²) in [5.41, 5.74) is 3.49. The molecule has 0 aromatic heterocycles. The maximum Gasteiger partial charge on any atom is 0.271 e. The third kappa shape index (κ3) is 3.54. The van der Waals surface area contributed by atoms with Gasteiger partial charge in [-0.05, 0) is 30.4 Å². The summed E-state index contributed by atoms with van der Waals surface area (Å²) in [4.78, 5) is 38.9. The predicted octanol–water partition coefficient (Wildman–Crippen LogP) is 5.07. The van der Waals surface area contributed by atoms with Gasteiger partial charge in [0.25, 0.3) is 5.69 Å². The van der Waals surface area contributed by atoms with E-state index in [0.717, 1.165) is 11.1 Å². The Morgan fingerprint density at radius 2 is 1.77 bits per heavy atom. The lowest BCUT2D eigenvalue weighted by Gasteiger charge is -2.42. The second kappa shape index (κ2) is 7.20. The average molecular weight is 404 g/mol. The number of anilines is 1. The zero-order chi connectivity index (χ0) is 21.6. The minimum absolute atomic E-state index is 0.0507. The van der Waals surface area contributed by atoms with Gasteiger partial charge in [-0.3, -0.25) is 24.6 Å². The van der Waals surface area contributed by atoms with E-state index in [9.17, 15) is 19.7 Å². The van der Waals surface area contributed by atoms with Crippen LogP contribution in [-0.2, 0) is 9.59 Å². The molecule has 1 aliphatic carbocycles. The van der Waals surface area contributed by atoms with Crippen molar-refractivity contribution in [2.45, 2.75) is 46.0 Å². The maximum atomic E-state index is 13.3. The van der Waals surface area contributed by atoms with Crippen LogP contribution in [0.4, 0.5) is 11.4 Å². The number of benzene rings is 2. The second-order valence-corrected chi connectivity index (χ2v) is 8.97. The van der Waals surface area contributed by atoms with Gasteiger partial charge in [0, 0.05) is 42.2 Å². The molecule has 1 amide bonds. The van der Waals surface area contributed by atoms with Crippen LogP contribution in [0.25, 0.3) is 0 Å². The molecule has 154 valence electrons. The Morgan fingerprint density at radius 3 is 2.43 bits per heavy atom. The Kier molecular flexibility index (Phi) is 4.80. The van der Waals surface area contributed by atoms with Crippen molar-refractivity contribution in [3.05, 3.63) is 81.0 Å². The lowest BCUT2D eigenvalue weighted by atomic mass is 9.69. The summed E-state index contributed by atoms with van der Waals surface area (Å²) in [5.74, 6) is -0.383. The van der Waals surface area contributed by atoms with E-state index in [-0.39, 0.29) is 35.1 Å². The van der Waals surface area contributed by atoms with Gasteiger partial charge >= 0.3 is 0 Å². The fourth-order valence-corrected chi connectivity index (χ4v) is 4.54. The molecule has 0 radical (unpaired) electrons. The van der Waals surface area contributed by atoms with Crippen LogP contribution >= 0.6 is 0 Å². The van der Waals surface area contributed by atoms with Crippen molar-refractivity contribution in [2.24, 2.45) is 5.41 Å². The molecule has 1 heterocycles. The van der Waals surface area contributed by atoms with Crippen LogP contribution in [0.5, 0.6) is 0 Å². The largest absolute Gasteiger partial charge is 0.294 e. The summed E-state index contributed by atoms with van der Waals surface area (Å²) in [6.45, 7) is 6.03. The first kappa shape index (κ1) is 20.0. The summed E-state index contributed by atoms with van der Waals surface area (Å²) < 4.78 is 0. The van der Waals surface area contributed by atoms with E-state index in [2.05, 4.69) is 0 Å². The summed E-state index contributed by atoms with van der Waals surface area (Å²) >= 11 is 0. The fourth-order valence-electron chi connectivity index (χ4n) is 4.54. The van der Waals surface area contributed by atoms with Crippen LogP contribution in [0, 0.1) is 22.5 Å². The molecule has 2 aliphatic rings. The first-order chi connectivity index (χ1) is 14.2. The first-order valence-corrected chi connectivity index (χ1v) is 10.1. The molecule has 4 rings (SSSR count). The number of Topliss-reactive ketones (excluding diaryl/α,β-unsaturated/α-hetero) is 1. The van der Waals surface area contributed by atoms with Gasteiger partial charge in [0.15, 0.2) is 5.78 Å². The Balaban J connectivity index is 1.89. The van der Waals surface area contributed by atoms with Gasteiger partial charge in [0.2, 0.25) is 5.91 Å². The molecule has 0 fully saturated rings. The highest BCUT2D eigenvalue weighted by Gasteiger charge is 2.44. The highest BCUT2D eigenvalue weighted by Crippen LogP contribution is 2.48. The van der Waals surface area contributed by atoms with Gasteiger partial charge in [0.1, 0.15) is 0 Å².